The predicted octanol–water partition coefficient (Wildman–Crippen LogP) is 4.45. The quantitative estimate of drug-likeness (QED) is 0.0912. The highest BCUT2D eigenvalue weighted by Gasteiger charge is 2.28. The molecule has 0 aliphatic carbocycles. The van der Waals surface area contributed by atoms with Crippen molar-refractivity contribution in [2.75, 3.05) is 45.8 Å². The fourth-order valence-corrected chi connectivity index (χ4v) is 3.54. The van der Waals surface area contributed by atoms with Crippen LogP contribution in [0.15, 0.2) is 12.2 Å². The summed E-state index contributed by atoms with van der Waals surface area (Å²) in [6.07, 6.45) is -0.317. The maximum atomic E-state index is 11.8. The van der Waals surface area contributed by atoms with Gasteiger partial charge in [0.2, 0.25) is 0 Å². The summed E-state index contributed by atoms with van der Waals surface area (Å²) >= 11 is 3.07. The molecule has 0 spiro atoms. The van der Waals surface area contributed by atoms with Gasteiger partial charge in [-0.2, -0.15) is 0 Å². The second-order valence-electron chi connectivity index (χ2n) is 6.50. The summed E-state index contributed by atoms with van der Waals surface area (Å²) in [5, 5.41) is 0. The minimum Gasteiger partial charge on any atom is -0.466 e. The standard InChI is InChI=1S/C10H16O4.C8H17O5P.C5H9BrO2/c1-5-13-9(11)7(3)8(4)10(12)14-6-2;1-4-11-8(9)7-14(10,12-5-2)13-6-3;1-3-8-5(7)4(2)6/h8H,3,5-6H2,1-2,4H3;4-7H2,1-3H3;4H,3H2,1-2H3. The van der Waals surface area contributed by atoms with E-state index in [2.05, 4.69) is 32.0 Å². The smallest absolute Gasteiger partial charge is 0.341 e. The Morgan fingerprint density at radius 1 is 0.722 bits per heavy atom. The highest BCUT2D eigenvalue weighted by molar-refractivity contribution is 9.10. The van der Waals surface area contributed by atoms with Crippen LogP contribution in [0.3, 0.4) is 0 Å². The molecule has 0 aromatic carbocycles. The monoisotopic (exact) mass is 604 g/mol. The molecule has 2 unspecified atom stereocenters. The van der Waals surface area contributed by atoms with E-state index in [1.807, 2.05) is 0 Å². The van der Waals surface area contributed by atoms with Gasteiger partial charge in [0.05, 0.1) is 45.6 Å². The van der Waals surface area contributed by atoms with E-state index in [0.717, 1.165) is 0 Å². The molecule has 0 rings (SSSR count). The number of alkyl halides is 1. The van der Waals surface area contributed by atoms with Crippen molar-refractivity contribution in [3.8, 4) is 0 Å². The van der Waals surface area contributed by atoms with Crippen molar-refractivity contribution in [2.45, 2.75) is 60.2 Å². The Labute approximate surface area is 223 Å². The van der Waals surface area contributed by atoms with Gasteiger partial charge in [0, 0.05) is 5.57 Å². The van der Waals surface area contributed by atoms with Crippen LogP contribution in [0.2, 0.25) is 0 Å². The van der Waals surface area contributed by atoms with Crippen LogP contribution in [0.25, 0.3) is 0 Å². The van der Waals surface area contributed by atoms with Gasteiger partial charge in [0.15, 0.2) is 0 Å². The molecule has 0 aliphatic rings. The molecule has 0 fully saturated rings. The predicted molar refractivity (Wildman–Crippen MR) is 139 cm³/mol. The highest BCUT2D eigenvalue weighted by Crippen LogP contribution is 2.47. The number of ether oxygens (including phenoxy) is 4. The van der Waals surface area contributed by atoms with Crippen LogP contribution in [-0.4, -0.2) is 74.5 Å². The molecule has 212 valence electrons. The van der Waals surface area contributed by atoms with Gasteiger partial charge in [-0.05, 0) is 55.4 Å². The number of carbonyl (C=O) groups excluding carboxylic acids is 4. The van der Waals surface area contributed by atoms with E-state index in [0.29, 0.717) is 13.2 Å². The lowest BCUT2D eigenvalue weighted by atomic mass is 10.0. The lowest BCUT2D eigenvalue weighted by Gasteiger charge is -2.15. The molecule has 0 aromatic rings. The first-order chi connectivity index (χ1) is 16.8. The third-order valence-electron chi connectivity index (χ3n) is 3.59. The molecule has 0 heterocycles. The Morgan fingerprint density at radius 3 is 1.47 bits per heavy atom. The summed E-state index contributed by atoms with van der Waals surface area (Å²) in [6.45, 7) is 18.8. The van der Waals surface area contributed by atoms with Crippen LogP contribution in [0.1, 0.15) is 55.4 Å². The fraction of sp³-hybridized carbons (Fsp3) is 0.739. The maximum Gasteiger partial charge on any atom is 0.341 e. The summed E-state index contributed by atoms with van der Waals surface area (Å²) in [5.74, 6) is -2.40. The van der Waals surface area contributed by atoms with E-state index < -0.39 is 31.4 Å². The van der Waals surface area contributed by atoms with E-state index in [4.69, 9.17) is 18.5 Å². The van der Waals surface area contributed by atoms with Gasteiger partial charge in [0.25, 0.3) is 0 Å². The summed E-state index contributed by atoms with van der Waals surface area (Å²) < 4.78 is 40.3. The molecule has 0 saturated carbocycles. The van der Waals surface area contributed by atoms with Crippen LogP contribution in [0, 0.1) is 5.92 Å². The zero-order valence-electron chi connectivity index (χ0n) is 22.6. The SMILES string of the molecule is C=C(C(=O)OCC)C(C)C(=O)OCC.CCOC(=O)C(C)Br.CCOC(=O)CP(=O)(OCC)OCC. The summed E-state index contributed by atoms with van der Waals surface area (Å²) in [7, 11) is -3.28. The van der Waals surface area contributed by atoms with Gasteiger partial charge in [-0.1, -0.05) is 22.5 Å². The van der Waals surface area contributed by atoms with Crippen molar-refractivity contribution in [2.24, 2.45) is 5.92 Å². The molecule has 0 saturated heterocycles. The van der Waals surface area contributed by atoms with Crippen LogP contribution >= 0.6 is 23.5 Å². The first kappa shape index (κ1) is 38.8. The molecular formula is C23H42BrO11P. The van der Waals surface area contributed by atoms with E-state index in [9.17, 15) is 23.7 Å². The number of esters is 4. The van der Waals surface area contributed by atoms with Gasteiger partial charge in [-0.15, -0.1) is 0 Å². The normalized spacial score (nSPS) is 11.8. The van der Waals surface area contributed by atoms with E-state index >= 15 is 0 Å². The summed E-state index contributed by atoms with van der Waals surface area (Å²) in [4.78, 5) is 43.7. The van der Waals surface area contributed by atoms with Gasteiger partial charge in [-0.25, -0.2) is 4.79 Å². The second-order valence-corrected chi connectivity index (χ2v) is 9.93. The van der Waals surface area contributed by atoms with E-state index in [1.165, 1.54) is 0 Å². The van der Waals surface area contributed by atoms with Crippen molar-refractivity contribution in [1.29, 1.82) is 0 Å². The van der Waals surface area contributed by atoms with Crippen LogP contribution < -0.4 is 0 Å². The molecule has 2 atom stereocenters. The fourth-order valence-electron chi connectivity index (χ4n) is 1.95. The summed E-state index contributed by atoms with van der Waals surface area (Å²) in [5.41, 5.74) is 0.130. The van der Waals surface area contributed by atoms with Gasteiger partial charge >= 0.3 is 31.5 Å². The Bertz CT molecular complexity index is 700. The Kier molecular flexibility index (Phi) is 25.5. The minimum absolute atomic E-state index is 0.130. The van der Waals surface area contributed by atoms with Crippen molar-refractivity contribution >= 4 is 47.4 Å². The van der Waals surface area contributed by atoms with Gasteiger partial charge in [0.1, 0.15) is 11.0 Å². The largest absolute Gasteiger partial charge is 0.466 e. The molecular weight excluding hydrogens is 563 g/mol. The molecule has 0 amide bonds. The molecule has 11 nitrogen and oxygen atoms in total. The lowest BCUT2D eigenvalue weighted by Crippen LogP contribution is -2.22. The number of hydrogen-bond acceptors (Lipinski definition) is 11. The topological polar surface area (TPSA) is 141 Å². The molecule has 0 radical (unpaired) electrons. The maximum absolute atomic E-state index is 11.8. The zero-order chi connectivity index (χ0) is 28.7. The Hall–Kier alpha value is -1.75. The number of hydrogen-bond donors (Lipinski definition) is 0. The van der Waals surface area contributed by atoms with Crippen molar-refractivity contribution < 1.29 is 51.7 Å². The Morgan fingerprint density at radius 2 is 1.14 bits per heavy atom. The van der Waals surface area contributed by atoms with Crippen molar-refractivity contribution in [3.63, 3.8) is 0 Å². The summed E-state index contributed by atoms with van der Waals surface area (Å²) in [6, 6.07) is 0. The lowest BCUT2D eigenvalue weighted by molar-refractivity contribution is -0.149. The molecule has 0 N–H and O–H groups in total. The van der Waals surface area contributed by atoms with Crippen LogP contribution in [0.5, 0.6) is 0 Å². The van der Waals surface area contributed by atoms with Crippen molar-refractivity contribution in [1.82, 2.24) is 0 Å². The zero-order valence-corrected chi connectivity index (χ0v) is 25.1. The third kappa shape index (κ3) is 20.4. The molecule has 13 heteroatoms. The third-order valence-corrected chi connectivity index (χ3v) is 5.91. The molecule has 0 aliphatic heterocycles. The second kappa shape index (κ2) is 23.6. The number of rotatable bonds is 14. The number of carbonyl (C=O) groups is 4. The van der Waals surface area contributed by atoms with Gasteiger partial charge in [-0.3, -0.25) is 18.9 Å². The molecule has 0 aromatic heterocycles. The Balaban J connectivity index is -0.000000472. The van der Waals surface area contributed by atoms with E-state index in [1.54, 1.807) is 55.4 Å². The molecule has 36 heavy (non-hydrogen) atoms. The van der Waals surface area contributed by atoms with Gasteiger partial charge < -0.3 is 28.0 Å². The first-order valence-corrected chi connectivity index (χ1v) is 14.3. The molecule has 0 bridgehead atoms. The highest BCUT2D eigenvalue weighted by atomic mass is 79.9. The van der Waals surface area contributed by atoms with Crippen LogP contribution in [0.4, 0.5) is 0 Å². The number of halogens is 1. The minimum atomic E-state index is -3.28. The first-order valence-electron chi connectivity index (χ1n) is 11.7. The average molecular weight is 605 g/mol. The van der Waals surface area contributed by atoms with Crippen molar-refractivity contribution in [3.05, 3.63) is 12.2 Å². The van der Waals surface area contributed by atoms with Crippen LogP contribution in [-0.2, 0) is 51.7 Å². The van der Waals surface area contributed by atoms with E-state index in [-0.39, 0.29) is 49.0 Å². The average Bonchev–Trinajstić information content (AvgIpc) is 2.79.